The average molecular weight is 793 g/mol. The molecule has 0 aromatic heterocycles. The molecule has 5 rings (SSSR count). The van der Waals surface area contributed by atoms with E-state index in [2.05, 4.69) is 25.2 Å². The van der Waals surface area contributed by atoms with Gasteiger partial charge in [0, 0.05) is 44.7 Å². The summed E-state index contributed by atoms with van der Waals surface area (Å²) in [5.74, 6) is -3.77. The molecule has 2 aliphatic heterocycles. The van der Waals surface area contributed by atoms with Crippen molar-refractivity contribution in [2.24, 2.45) is 20.5 Å². The van der Waals surface area contributed by atoms with E-state index in [-0.39, 0.29) is 22.5 Å². The highest BCUT2D eigenvalue weighted by Gasteiger charge is 2.44. The Balaban J connectivity index is 1.54. The Hall–Kier alpha value is -5.90. The number of nitrogens with one attached hydrogen (secondary N) is 1. The zero-order valence-electron chi connectivity index (χ0n) is 30.0. The summed E-state index contributed by atoms with van der Waals surface area (Å²) < 4.78 is 55.9. The SMILES string of the molecule is CC(CCc1ccccc1)NS(=O)(=O)c1cc(N=NC2C(=O)N(C)C(=O)N(C)C2=O)ccc1-c1ccc(N=NC2C(=O)N(C)C(=O)N(C)C2=O)cc1S(=O)[O-]. The van der Waals surface area contributed by atoms with E-state index in [9.17, 15) is 45.9 Å². The zero-order chi connectivity index (χ0) is 40.4. The van der Waals surface area contributed by atoms with Crippen molar-refractivity contribution in [1.82, 2.24) is 24.3 Å². The fourth-order valence-electron chi connectivity index (χ4n) is 5.59. The van der Waals surface area contributed by atoms with Crippen LogP contribution in [-0.4, -0.2) is 119 Å². The minimum absolute atomic E-state index is 0.0950. The topological polar surface area (TPSA) is 251 Å². The number of sulfonamides is 1. The molecule has 0 saturated carbocycles. The van der Waals surface area contributed by atoms with E-state index >= 15 is 0 Å². The number of amides is 8. The molecule has 2 heterocycles. The van der Waals surface area contributed by atoms with Crippen LogP contribution >= 0.6 is 0 Å². The van der Waals surface area contributed by atoms with E-state index in [0.717, 1.165) is 31.8 Å². The molecule has 1 N–H and O–H groups in total. The molecule has 19 nitrogen and oxygen atoms in total. The number of nitrogens with zero attached hydrogens (tertiary/aromatic N) is 8. The third-order valence-corrected chi connectivity index (χ3v) is 11.1. The number of imide groups is 4. The van der Waals surface area contributed by atoms with Crippen LogP contribution < -0.4 is 4.72 Å². The van der Waals surface area contributed by atoms with Crippen LogP contribution in [0.5, 0.6) is 0 Å². The molecule has 2 unspecified atom stereocenters. The first-order valence-electron chi connectivity index (χ1n) is 16.4. The van der Waals surface area contributed by atoms with Crippen LogP contribution in [0.15, 0.2) is 97.0 Å². The number of benzene rings is 3. The van der Waals surface area contributed by atoms with Crippen LogP contribution in [0.2, 0.25) is 0 Å². The third kappa shape index (κ3) is 8.43. The molecule has 3 aromatic rings. The van der Waals surface area contributed by atoms with E-state index < -0.39 is 84.7 Å². The van der Waals surface area contributed by atoms with Crippen LogP contribution in [-0.2, 0) is 46.7 Å². The van der Waals surface area contributed by atoms with Crippen LogP contribution in [0.4, 0.5) is 21.0 Å². The van der Waals surface area contributed by atoms with Crippen molar-refractivity contribution in [3.63, 3.8) is 0 Å². The zero-order valence-corrected chi connectivity index (χ0v) is 31.6. The maximum absolute atomic E-state index is 14.1. The van der Waals surface area contributed by atoms with E-state index in [0.29, 0.717) is 32.4 Å². The molecule has 2 saturated heterocycles. The molecule has 3 aromatic carbocycles. The molecule has 2 aliphatic rings. The van der Waals surface area contributed by atoms with Gasteiger partial charge in [-0.1, -0.05) is 42.5 Å². The highest BCUT2D eigenvalue weighted by Crippen LogP contribution is 2.37. The number of hydrogen-bond acceptors (Lipinski definition) is 14. The van der Waals surface area contributed by atoms with Crippen molar-refractivity contribution in [3.05, 3.63) is 72.3 Å². The van der Waals surface area contributed by atoms with Gasteiger partial charge in [0.05, 0.1) is 16.3 Å². The summed E-state index contributed by atoms with van der Waals surface area (Å²) in [6.45, 7) is 1.66. The van der Waals surface area contributed by atoms with Gasteiger partial charge in [-0.3, -0.25) is 43.0 Å². The number of barbiturate groups is 2. The predicted octanol–water partition coefficient (Wildman–Crippen LogP) is 2.90. The molecule has 0 radical (unpaired) electrons. The normalized spacial score (nSPS) is 17.7. The molecule has 0 bridgehead atoms. The molecule has 55 heavy (non-hydrogen) atoms. The fourth-order valence-corrected chi connectivity index (χ4v) is 7.68. The molecule has 288 valence electrons. The summed E-state index contributed by atoms with van der Waals surface area (Å²) in [5, 5.41) is 15.4. The first kappa shape index (κ1) is 40.3. The second-order valence-electron chi connectivity index (χ2n) is 12.5. The van der Waals surface area contributed by atoms with Gasteiger partial charge in [0.1, 0.15) is 0 Å². The molecular weight excluding hydrogens is 759 g/mol. The summed E-state index contributed by atoms with van der Waals surface area (Å²) in [6.07, 6.45) is 0.932. The van der Waals surface area contributed by atoms with Crippen molar-refractivity contribution in [3.8, 4) is 11.1 Å². The Morgan fingerprint density at radius 3 is 1.64 bits per heavy atom. The van der Waals surface area contributed by atoms with Crippen molar-refractivity contribution in [2.75, 3.05) is 28.2 Å². The maximum Gasteiger partial charge on any atom is 0.333 e. The number of rotatable bonds is 12. The number of azo groups is 2. The molecular formula is C34H34N9O10S2-. The lowest BCUT2D eigenvalue weighted by molar-refractivity contribution is -0.144. The van der Waals surface area contributed by atoms with E-state index in [1.807, 2.05) is 30.3 Å². The molecule has 0 spiro atoms. The molecule has 0 aliphatic carbocycles. The second kappa shape index (κ2) is 16.2. The molecule has 2 fully saturated rings. The lowest BCUT2D eigenvalue weighted by atomic mass is 10.0. The number of carbonyl (C=O) groups excluding carboxylic acids is 6. The van der Waals surface area contributed by atoms with Gasteiger partial charge in [-0.2, -0.15) is 20.5 Å². The van der Waals surface area contributed by atoms with Crippen molar-refractivity contribution < 1.29 is 45.9 Å². The van der Waals surface area contributed by atoms with E-state index in [1.54, 1.807) is 6.92 Å². The Labute approximate surface area is 317 Å². The second-order valence-corrected chi connectivity index (χ2v) is 15.1. The first-order chi connectivity index (χ1) is 25.9. The minimum atomic E-state index is -4.46. The van der Waals surface area contributed by atoms with Gasteiger partial charge >= 0.3 is 12.1 Å². The molecule has 8 amide bonds. The van der Waals surface area contributed by atoms with E-state index in [4.69, 9.17) is 0 Å². The van der Waals surface area contributed by atoms with Crippen molar-refractivity contribution >= 4 is 68.2 Å². The van der Waals surface area contributed by atoms with Gasteiger partial charge in [-0.25, -0.2) is 22.7 Å². The Bertz CT molecular complexity index is 2240. The largest absolute Gasteiger partial charge is 0.768 e. The van der Waals surface area contributed by atoms with Crippen LogP contribution in [0.3, 0.4) is 0 Å². The Morgan fingerprint density at radius 1 is 0.709 bits per heavy atom. The Kier molecular flexibility index (Phi) is 11.9. The van der Waals surface area contributed by atoms with Crippen molar-refractivity contribution in [1.29, 1.82) is 0 Å². The van der Waals surface area contributed by atoms with Gasteiger partial charge < -0.3 is 4.55 Å². The van der Waals surface area contributed by atoms with Crippen molar-refractivity contribution in [2.45, 2.75) is 47.7 Å². The van der Waals surface area contributed by atoms with E-state index in [1.165, 1.54) is 38.4 Å². The lowest BCUT2D eigenvalue weighted by Crippen LogP contribution is -2.58. The average Bonchev–Trinajstić information content (AvgIpc) is 3.17. The number of hydrogen-bond donors (Lipinski definition) is 1. The maximum atomic E-state index is 14.1. The van der Waals surface area contributed by atoms with Crippen LogP contribution in [0.1, 0.15) is 18.9 Å². The molecule has 21 heteroatoms. The molecule has 2 atom stereocenters. The standard InChI is InChI=1S/C34H35N9O10S2/c1-19(11-12-20-9-7-6-8-10-20)39-55(52,53)26-18-22(36-38-28-31(46)42(4)34(49)43(5)32(28)47)14-16-24(26)23-15-13-21(17-25(23)54(50)51)35-37-27-29(44)40(2)33(48)41(3)30(27)45/h6-10,13-19,27-28,39H,11-12H2,1-5H3,(H,50,51)/p-1. The number of likely N-dealkylation sites (N-methyl/N-ethyl adjacent to an activating group) is 4. The monoisotopic (exact) mass is 792 g/mol. The smallest absolute Gasteiger partial charge is 0.333 e. The van der Waals surface area contributed by atoms with Gasteiger partial charge in [-0.15, -0.1) is 0 Å². The predicted molar refractivity (Wildman–Crippen MR) is 192 cm³/mol. The summed E-state index contributed by atoms with van der Waals surface area (Å²) in [6, 6.07) is 10.8. The van der Waals surface area contributed by atoms with Gasteiger partial charge in [0.25, 0.3) is 23.6 Å². The number of aryl methyl sites for hydroxylation is 1. The van der Waals surface area contributed by atoms with Gasteiger partial charge in [0.2, 0.25) is 22.1 Å². The summed E-state index contributed by atoms with van der Waals surface area (Å²) >= 11 is -3.01. The third-order valence-electron chi connectivity index (χ3n) is 8.74. The van der Waals surface area contributed by atoms with Gasteiger partial charge in [-0.05, 0) is 66.2 Å². The summed E-state index contributed by atoms with van der Waals surface area (Å²) in [5.41, 5.74) is 0.532. The van der Waals surface area contributed by atoms with Crippen LogP contribution in [0.25, 0.3) is 11.1 Å². The number of carbonyl (C=O) groups is 6. The van der Waals surface area contributed by atoms with Crippen LogP contribution in [0, 0.1) is 0 Å². The lowest BCUT2D eigenvalue weighted by Gasteiger charge is -2.30. The quantitative estimate of drug-likeness (QED) is 0.159. The fraction of sp³-hybridized carbons (Fsp3) is 0.294. The van der Waals surface area contributed by atoms with Gasteiger partial charge in [0.15, 0.2) is 0 Å². The summed E-state index contributed by atoms with van der Waals surface area (Å²) in [4.78, 5) is 76.6. The number of urea groups is 2. The highest BCUT2D eigenvalue weighted by molar-refractivity contribution is 7.89. The minimum Gasteiger partial charge on any atom is -0.768 e. The first-order valence-corrected chi connectivity index (χ1v) is 18.9. The highest BCUT2D eigenvalue weighted by atomic mass is 32.2. The Morgan fingerprint density at radius 2 is 1.16 bits per heavy atom. The summed E-state index contributed by atoms with van der Waals surface area (Å²) in [7, 11) is 0.194.